The molecular formula is C25H41NO2. The van der Waals surface area contributed by atoms with Crippen LogP contribution in [0, 0.1) is 0 Å². The lowest BCUT2D eigenvalue weighted by Gasteiger charge is -2.10. The first-order valence-corrected chi connectivity index (χ1v) is 11.7. The van der Waals surface area contributed by atoms with Gasteiger partial charge in [-0.05, 0) is 24.1 Å². The second-order valence-corrected chi connectivity index (χ2v) is 8.40. The zero-order valence-corrected chi connectivity index (χ0v) is 18.2. The lowest BCUT2D eigenvalue weighted by atomic mass is 9.94. The summed E-state index contributed by atoms with van der Waals surface area (Å²) in [7, 11) is 1.43. The highest BCUT2D eigenvalue weighted by atomic mass is 16.5. The first-order valence-electron chi connectivity index (χ1n) is 11.7. The monoisotopic (exact) mass is 387 g/mol. The third kappa shape index (κ3) is 7.85. The van der Waals surface area contributed by atoms with E-state index in [9.17, 15) is 4.79 Å². The van der Waals surface area contributed by atoms with Gasteiger partial charge in [-0.15, -0.1) is 0 Å². The van der Waals surface area contributed by atoms with Gasteiger partial charge in [0.05, 0.1) is 12.7 Å². The van der Waals surface area contributed by atoms with E-state index in [-0.39, 0.29) is 5.97 Å². The van der Waals surface area contributed by atoms with E-state index in [1.54, 1.807) is 0 Å². The van der Waals surface area contributed by atoms with Gasteiger partial charge in [-0.3, -0.25) is 0 Å². The maximum Gasteiger partial charge on any atom is 0.337 e. The first-order chi connectivity index (χ1) is 13.8. The number of ether oxygens (including phenoxy) is 1. The molecule has 1 atom stereocenters. The summed E-state index contributed by atoms with van der Waals surface area (Å²) in [6.07, 6.45) is 19.5. The molecule has 0 radical (unpaired) electrons. The minimum absolute atomic E-state index is 0.260. The Morgan fingerprint density at radius 1 is 0.929 bits per heavy atom. The van der Waals surface area contributed by atoms with Gasteiger partial charge in [0.25, 0.3) is 0 Å². The smallest absolute Gasteiger partial charge is 0.337 e. The van der Waals surface area contributed by atoms with Gasteiger partial charge in [0, 0.05) is 18.2 Å². The van der Waals surface area contributed by atoms with Gasteiger partial charge in [0.1, 0.15) is 0 Å². The molecule has 1 aliphatic heterocycles. The van der Waals surface area contributed by atoms with Crippen LogP contribution in [0.1, 0.15) is 119 Å². The molecule has 3 heteroatoms. The second kappa shape index (κ2) is 13.6. The molecule has 1 aliphatic rings. The molecule has 1 aromatic carbocycles. The number of methoxy groups -OCH3 is 1. The van der Waals surface area contributed by atoms with Crippen molar-refractivity contribution in [3.8, 4) is 0 Å². The SMILES string of the molecule is CCCCCCCCCCCCCCCC1CNc2cc(C(=O)OC)ccc21. The number of hydrogen-bond donors (Lipinski definition) is 1. The van der Waals surface area contributed by atoms with Crippen molar-refractivity contribution in [1.29, 1.82) is 0 Å². The van der Waals surface area contributed by atoms with Crippen molar-refractivity contribution in [1.82, 2.24) is 0 Å². The summed E-state index contributed by atoms with van der Waals surface area (Å²) in [5, 5.41) is 3.46. The normalized spacial score (nSPS) is 15.3. The van der Waals surface area contributed by atoms with E-state index in [4.69, 9.17) is 4.74 Å². The summed E-state index contributed by atoms with van der Waals surface area (Å²) in [4.78, 5) is 11.7. The molecule has 0 bridgehead atoms. The Hall–Kier alpha value is -1.51. The summed E-state index contributed by atoms with van der Waals surface area (Å²) in [5.41, 5.74) is 3.12. The van der Waals surface area contributed by atoms with Crippen molar-refractivity contribution in [3.63, 3.8) is 0 Å². The van der Waals surface area contributed by atoms with E-state index in [1.165, 1.54) is 103 Å². The maximum absolute atomic E-state index is 11.7. The van der Waals surface area contributed by atoms with Crippen molar-refractivity contribution in [2.24, 2.45) is 0 Å². The summed E-state index contributed by atoms with van der Waals surface area (Å²) in [6, 6.07) is 5.94. The fourth-order valence-corrected chi connectivity index (χ4v) is 4.32. The summed E-state index contributed by atoms with van der Waals surface area (Å²) in [5.74, 6) is 0.332. The predicted octanol–water partition coefficient (Wildman–Crippen LogP) is 7.46. The zero-order chi connectivity index (χ0) is 20.0. The number of benzene rings is 1. The number of hydrogen-bond acceptors (Lipinski definition) is 3. The molecule has 1 heterocycles. The Morgan fingerprint density at radius 2 is 1.50 bits per heavy atom. The van der Waals surface area contributed by atoms with Crippen LogP contribution in [0.5, 0.6) is 0 Å². The molecule has 158 valence electrons. The molecule has 1 unspecified atom stereocenters. The Bertz CT molecular complexity index is 570. The van der Waals surface area contributed by atoms with Crippen LogP contribution in [-0.4, -0.2) is 19.6 Å². The highest BCUT2D eigenvalue weighted by molar-refractivity contribution is 5.91. The van der Waals surface area contributed by atoms with E-state index >= 15 is 0 Å². The maximum atomic E-state index is 11.7. The fraction of sp³-hybridized carbons (Fsp3) is 0.720. The molecule has 0 saturated carbocycles. The van der Waals surface area contributed by atoms with E-state index in [0.29, 0.717) is 11.5 Å². The Kier molecular flexibility index (Phi) is 11.1. The van der Waals surface area contributed by atoms with Crippen LogP contribution in [0.3, 0.4) is 0 Å². The fourth-order valence-electron chi connectivity index (χ4n) is 4.32. The average molecular weight is 388 g/mol. The van der Waals surface area contributed by atoms with Gasteiger partial charge < -0.3 is 10.1 Å². The van der Waals surface area contributed by atoms with E-state index in [1.807, 2.05) is 12.1 Å². The molecule has 3 nitrogen and oxygen atoms in total. The Labute approximate surface area is 172 Å². The second-order valence-electron chi connectivity index (χ2n) is 8.40. The minimum Gasteiger partial charge on any atom is -0.465 e. The van der Waals surface area contributed by atoms with Gasteiger partial charge >= 0.3 is 5.97 Å². The molecule has 0 aliphatic carbocycles. The van der Waals surface area contributed by atoms with Gasteiger partial charge in [-0.2, -0.15) is 0 Å². The number of unbranched alkanes of at least 4 members (excludes halogenated alkanes) is 12. The quantitative estimate of drug-likeness (QED) is 0.251. The number of carbonyl (C=O) groups excluding carboxylic acids is 1. The molecule has 0 spiro atoms. The van der Waals surface area contributed by atoms with Crippen LogP contribution in [0.2, 0.25) is 0 Å². The van der Waals surface area contributed by atoms with Crippen molar-refractivity contribution >= 4 is 11.7 Å². The van der Waals surface area contributed by atoms with Gasteiger partial charge in [-0.25, -0.2) is 4.79 Å². The summed E-state index contributed by atoms with van der Waals surface area (Å²) in [6.45, 7) is 3.28. The largest absolute Gasteiger partial charge is 0.465 e. The number of carbonyl (C=O) groups is 1. The first kappa shape index (κ1) is 22.8. The molecule has 1 aromatic rings. The number of esters is 1. The molecule has 1 N–H and O–H groups in total. The average Bonchev–Trinajstić information content (AvgIpc) is 3.13. The van der Waals surface area contributed by atoms with Gasteiger partial charge in [-0.1, -0.05) is 96.5 Å². The van der Waals surface area contributed by atoms with Crippen molar-refractivity contribution in [2.45, 2.75) is 103 Å². The molecule has 0 amide bonds. The lowest BCUT2D eigenvalue weighted by Crippen LogP contribution is -2.01. The highest BCUT2D eigenvalue weighted by Gasteiger charge is 2.22. The molecule has 0 fully saturated rings. The van der Waals surface area contributed by atoms with Gasteiger partial charge in [0.15, 0.2) is 0 Å². The van der Waals surface area contributed by atoms with Crippen LogP contribution < -0.4 is 5.32 Å². The molecular weight excluding hydrogens is 346 g/mol. The third-order valence-electron chi connectivity index (χ3n) is 6.11. The number of anilines is 1. The van der Waals surface area contributed by atoms with Crippen LogP contribution >= 0.6 is 0 Å². The summed E-state index contributed by atoms with van der Waals surface area (Å²) >= 11 is 0. The van der Waals surface area contributed by atoms with E-state index in [2.05, 4.69) is 18.3 Å². The molecule has 28 heavy (non-hydrogen) atoms. The Balaban J connectivity index is 1.49. The highest BCUT2D eigenvalue weighted by Crippen LogP contribution is 2.35. The third-order valence-corrected chi connectivity index (χ3v) is 6.11. The standard InChI is InChI=1S/C25H41NO2/c1-3-4-5-6-7-8-9-10-11-12-13-14-15-16-22-20-26-24-19-21(25(27)28-2)17-18-23(22)24/h17-19,22,26H,3-16,20H2,1-2H3. The van der Waals surface area contributed by atoms with Crippen molar-refractivity contribution in [3.05, 3.63) is 29.3 Å². The van der Waals surface area contributed by atoms with Crippen molar-refractivity contribution in [2.75, 3.05) is 19.0 Å². The van der Waals surface area contributed by atoms with Crippen molar-refractivity contribution < 1.29 is 9.53 Å². The number of nitrogens with one attached hydrogen (secondary N) is 1. The van der Waals surface area contributed by atoms with E-state index < -0.39 is 0 Å². The minimum atomic E-state index is -0.260. The predicted molar refractivity (Wildman–Crippen MR) is 119 cm³/mol. The molecule has 0 aromatic heterocycles. The number of fused-ring (bicyclic) bond motifs is 1. The van der Waals surface area contributed by atoms with Crippen LogP contribution in [0.25, 0.3) is 0 Å². The number of rotatable bonds is 15. The summed E-state index contributed by atoms with van der Waals surface area (Å²) < 4.78 is 4.81. The lowest BCUT2D eigenvalue weighted by molar-refractivity contribution is 0.0601. The zero-order valence-electron chi connectivity index (χ0n) is 18.2. The van der Waals surface area contributed by atoms with Crippen LogP contribution in [-0.2, 0) is 4.74 Å². The molecule has 0 saturated heterocycles. The van der Waals surface area contributed by atoms with E-state index in [0.717, 1.165) is 12.2 Å². The van der Waals surface area contributed by atoms with Gasteiger partial charge in [0.2, 0.25) is 0 Å². The van der Waals surface area contributed by atoms with Crippen LogP contribution in [0.15, 0.2) is 18.2 Å². The van der Waals surface area contributed by atoms with Crippen LogP contribution in [0.4, 0.5) is 5.69 Å². The topological polar surface area (TPSA) is 38.3 Å². The Morgan fingerprint density at radius 3 is 2.07 bits per heavy atom. The molecule has 2 rings (SSSR count).